The van der Waals surface area contributed by atoms with Crippen molar-refractivity contribution in [2.24, 2.45) is 0 Å². The largest absolute Gasteiger partial charge is 0.508 e. The number of benzene rings is 2. The summed E-state index contributed by atoms with van der Waals surface area (Å²) < 4.78 is 4.96. The van der Waals surface area contributed by atoms with Crippen molar-refractivity contribution in [2.45, 2.75) is 13.3 Å². The highest BCUT2D eigenvalue weighted by Crippen LogP contribution is 2.12. The fraction of sp³-hybridized carbons (Fsp3) is 0.176. The van der Waals surface area contributed by atoms with Gasteiger partial charge in [0.1, 0.15) is 5.75 Å². The highest BCUT2D eigenvalue weighted by Gasteiger charge is 2.12. The van der Waals surface area contributed by atoms with Gasteiger partial charge in [0.2, 0.25) is 0 Å². The summed E-state index contributed by atoms with van der Waals surface area (Å²) in [5, 5.41) is 9.29. The summed E-state index contributed by atoms with van der Waals surface area (Å²) in [5.41, 5.74) is 1.86. The zero-order valence-corrected chi connectivity index (χ0v) is 11.7. The predicted molar refractivity (Wildman–Crippen MR) is 78.5 cm³/mol. The van der Waals surface area contributed by atoms with Crippen molar-refractivity contribution in [3.8, 4) is 5.75 Å². The molecule has 0 saturated carbocycles. The molecule has 0 aliphatic heterocycles. The maximum absolute atomic E-state index is 11.9. The van der Waals surface area contributed by atoms with Crippen LogP contribution in [0.3, 0.4) is 0 Å². The molecule has 0 bridgehead atoms. The van der Waals surface area contributed by atoms with E-state index in [0.29, 0.717) is 5.56 Å². The van der Waals surface area contributed by atoms with E-state index in [1.54, 1.807) is 12.1 Å². The van der Waals surface area contributed by atoms with E-state index in [1.165, 1.54) is 24.3 Å². The number of carbonyl (C=O) groups excluding carboxylic acids is 2. The van der Waals surface area contributed by atoms with Gasteiger partial charge in [-0.2, -0.15) is 0 Å². The number of aryl methyl sites for hydroxylation is 1. The Labute approximate surface area is 123 Å². The Balaban J connectivity index is 1.95. The van der Waals surface area contributed by atoms with Gasteiger partial charge in [0, 0.05) is 5.56 Å². The van der Waals surface area contributed by atoms with Crippen LogP contribution in [-0.4, -0.2) is 23.5 Å². The lowest BCUT2D eigenvalue weighted by molar-refractivity contribution is 0.0474. The summed E-state index contributed by atoms with van der Waals surface area (Å²) in [6.07, 6.45) is 0.904. The van der Waals surface area contributed by atoms with Gasteiger partial charge in [-0.1, -0.05) is 37.3 Å². The molecule has 0 radical (unpaired) electrons. The first-order chi connectivity index (χ1) is 10.1. The molecule has 21 heavy (non-hydrogen) atoms. The molecular weight excluding hydrogens is 268 g/mol. The Hall–Kier alpha value is -2.62. The molecule has 0 aromatic heterocycles. The average molecular weight is 284 g/mol. The van der Waals surface area contributed by atoms with Crippen molar-refractivity contribution < 1.29 is 19.4 Å². The van der Waals surface area contributed by atoms with Gasteiger partial charge in [-0.05, 0) is 30.2 Å². The van der Waals surface area contributed by atoms with Gasteiger partial charge in [-0.25, -0.2) is 4.79 Å². The van der Waals surface area contributed by atoms with E-state index in [-0.39, 0.29) is 23.7 Å². The minimum Gasteiger partial charge on any atom is -0.508 e. The van der Waals surface area contributed by atoms with Crippen LogP contribution in [0.2, 0.25) is 0 Å². The lowest BCUT2D eigenvalue weighted by Gasteiger charge is -2.05. The number of aromatic hydroxyl groups is 1. The zero-order chi connectivity index (χ0) is 15.2. The number of Topliss-reactive ketones (excluding diaryl/α,β-unsaturated/α-hetero) is 1. The summed E-state index contributed by atoms with van der Waals surface area (Å²) in [6, 6.07) is 13.0. The molecule has 1 N–H and O–H groups in total. The van der Waals surface area contributed by atoms with E-state index in [9.17, 15) is 14.7 Å². The molecule has 0 amide bonds. The third-order valence-corrected chi connectivity index (χ3v) is 3.10. The second-order valence-corrected chi connectivity index (χ2v) is 4.60. The highest BCUT2D eigenvalue weighted by molar-refractivity contribution is 5.99. The van der Waals surface area contributed by atoms with Crippen LogP contribution in [0.25, 0.3) is 0 Å². The molecule has 0 aliphatic carbocycles. The van der Waals surface area contributed by atoms with Crippen molar-refractivity contribution in [3.63, 3.8) is 0 Å². The summed E-state index contributed by atoms with van der Waals surface area (Å²) in [6.45, 7) is 1.72. The Bertz CT molecular complexity index is 644. The highest BCUT2D eigenvalue weighted by atomic mass is 16.5. The maximum atomic E-state index is 11.9. The summed E-state index contributed by atoms with van der Waals surface area (Å²) in [7, 11) is 0. The molecular formula is C17H16O4. The van der Waals surface area contributed by atoms with E-state index in [0.717, 1.165) is 12.0 Å². The number of ether oxygens (including phenoxy) is 1. The van der Waals surface area contributed by atoms with Crippen molar-refractivity contribution in [2.75, 3.05) is 6.61 Å². The first-order valence-corrected chi connectivity index (χ1v) is 6.68. The van der Waals surface area contributed by atoms with Gasteiger partial charge in [0.25, 0.3) is 0 Å². The number of phenols is 1. The SMILES string of the molecule is CCc1ccc(C(=O)COC(=O)c2cccc(O)c2)cc1. The molecule has 0 fully saturated rings. The van der Waals surface area contributed by atoms with E-state index in [1.807, 2.05) is 19.1 Å². The standard InChI is InChI=1S/C17H16O4/c1-2-12-6-8-13(9-7-12)16(19)11-21-17(20)14-4-3-5-15(18)10-14/h3-10,18H,2,11H2,1H3. The Kier molecular flexibility index (Phi) is 4.72. The number of hydrogen-bond acceptors (Lipinski definition) is 4. The second-order valence-electron chi connectivity index (χ2n) is 4.60. The molecule has 4 nitrogen and oxygen atoms in total. The zero-order valence-electron chi connectivity index (χ0n) is 11.7. The van der Waals surface area contributed by atoms with Crippen molar-refractivity contribution >= 4 is 11.8 Å². The van der Waals surface area contributed by atoms with Crippen LogP contribution in [0, 0.1) is 0 Å². The fourth-order valence-electron chi connectivity index (χ4n) is 1.86. The first kappa shape index (κ1) is 14.8. The quantitative estimate of drug-likeness (QED) is 0.677. The molecule has 4 heteroatoms. The van der Waals surface area contributed by atoms with Crippen LogP contribution in [0.5, 0.6) is 5.75 Å². The monoisotopic (exact) mass is 284 g/mol. The van der Waals surface area contributed by atoms with Gasteiger partial charge >= 0.3 is 5.97 Å². The predicted octanol–water partition coefficient (Wildman–Crippen LogP) is 2.99. The average Bonchev–Trinajstić information content (AvgIpc) is 2.52. The number of phenolic OH excluding ortho intramolecular Hbond substituents is 1. The van der Waals surface area contributed by atoms with Crippen LogP contribution in [0.1, 0.15) is 33.2 Å². The van der Waals surface area contributed by atoms with E-state index >= 15 is 0 Å². The number of esters is 1. The molecule has 0 unspecified atom stereocenters. The molecule has 0 spiro atoms. The van der Waals surface area contributed by atoms with E-state index in [4.69, 9.17) is 4.74 Å². The lowest BCUT2D eigenvalue weighted by Crippen LogP contribution is -2.14. The van der Waals surface area contributed by atoms with E-state index < -0.39 is 5.97 Å². The number of hydrogen-bond donors (Lipinski definition) is 1. The topological polar surface area (TPSA) is 63.6 Å². The lowest BCUT2D eigenvalue weighted by atomic mass is 10.1. The van der Waals surface area contributed by atoms with Crippen molar-refractivity contribution in [1.82, 2.24) is 0 Å². The number of ketones is 1. The van der Waals surface area contributed by atoms with Crippen LogP contribution in [-0.2, 0) is 11.2 Å². The minimum absolute atomic E-state index is 0.0223. The smallest absolute Gasteiger partial charge is 0.338 e. The third kappa shape index (κ3) is 3.92. The molecule has 2 aromatic rings. The second kappa shape index (κ2) is 6.70. The Morgan fingerprint density at radius 3 is 2.38 bits per heavy atom. The molecule has 108 valence electrons. The van der Waals surface area contributed by atoms with Crippen LogP contribution in [0.4, 0.5) is 0 Å². The molecule has 0 atom stereocenters. The molecule has 0 saturated heterocycles. The van der Waals surface area contributed by atoms with Gasteiger partial charge in [-0.15, -0.1) is 0 Å². The van der Waals surface area contributed by atoms with Gasteiger partial charge in [0.15, 0.2) is 12.4 Å². The van der Waals surface area contributed by atoms with Crippen LogP contribution in [0.15, 0.2) is 48.5 Å². The number of carbonyl (C=O) groups is 2. The van der Waals surface area contributed by atoms with Crippen molar-refractivity contribution in [1.29, 1.82) is 0 Å². The molecule has 2 rings (SSSR count). The van der Waals surface area contributed by atoms with Crippen molar-refractivity contribution in [3.05, 3.63) is 65.2 Å². The summed E-state index contributed by atoms with van der Waals surface area (Å²) in [4.78, 5) is 23.7. The third-order valence-electron chi connectivity index (χ3n) is 3.10. The maximum Gasteiger partial charge on any atom is 0.338 e. The molecule has 2 aromatic carbocycles. The van der Waals surface area contributed by atoms with Crippen LogP contribution >= 0.6 is 0 Å². The van der Waals surface area contributed by atoms with Gasteiger partial charge < -0.3 is 9.84 Å². The van der Waals surface area contributed by atoms with E-state index in [2.05, 4.69) is 0 Å². The van der Waals surface area contributed by atoms with Gasteiger partial charge in [0.05, 0.1) is 5.56 Å². The Morgan fingerprint density at radius 1 is 1.05 bits per heavy atom. The van der Waals surface area contributed by atoms with Crippen LogP contribution < -0.4 is 0 Å². The summed E-state index contributed by atoms with van der Waals surface area (Å²) in [5.74, 6) is -0.915. The molecule has 0 heterocycles. The first-order valence-electron chi connectivity index (χ1n) is 6.68. The summed E-state index contributed by atoms with van der Waals surface area (Å²) >= 11 is 0. The normalized spacial score (nSPS) is 10.1. The number of rotatable bonds is 5. The Morgan fingerprint density at radius 2 is 1.76 bits per heavy atom. The fourth-order valence-corrected chi connectivity index (χ4v) is 1.86. The minimum atomic E-state index is -0.635. The van der Waals surface area contributed by atoms with Gasteiger partial charge in [-0.3, -0.25) is 4.79 Å². The molecule has 0 aliphatic rings.